The third-order valence-electron chi connectivity index (χ3n) is 6.01. The molecule has 2 aliphatic heterocycles. The summed E-state index contributed by atoms with van der Waals surface area (Å²) in [5, 5.41) is 3.50. The molecule has 0 bridgehead atoms. The molecule has 4 rings (SSSR count). The number of likely N-dealkylation sites (tertiary alicyclic amines) is 2. The van der Waals surface area contributed by atoms with Crippen molar-refractivity contribution >= 4 is 22.9 Å². The SMILES string of the molecule is C=CCN1C[C@@H](C(=O)N2CCC[C@@H](c3cc(C(F)(F)F)c4c(C)noc4n3)C2)CC1=O. The number of pyridine rings is 1. The molecular formula is C21H23F3N4O3. The molecule has 2 aliphatic rings. The molecule has 0 unspecified atom stereocenters. The van der Waals surface area contributed by atoms with Gasteiger partial charge < -0.3 is 14.3 Å². The van der Waals surface area contributed by atoms with Crippen molar-refractivity contribution in [3.05, 3.63) is 35.7 Å². The summed E-state index contributed by atoms with van der Waals surface area (Å²) in [5.74, 6) is -1.02. The Kier molecular flexibility index (Phi) is 5.49. The quantitative estimate of drug-likeness (QED) is 0.688. The van der Waals surface area contributed by atoms with E-state index in [1.807, 2.05) is 0 Å². The summed E-state index contributed by atoms with van der Waals surface area (Å²) in [5.41, 5.74) is -0.593. The molecule has 31 heavy (non-hydrogen) atoms. The Morgan fingerprint density at radius 3 is 2.87 bits per heavy atom. The van der Waals surface area contributed by atoms with Crippen LogP contribution in [0, 0.1) is 12.8 Å². The van der Waals surface area contributed by atoms with Gasteiger partial charge in [0.2, 0.25) is 11.8 Å². The van der Waals surface area contributed by atoms with Crippen molar-refractivity contribution in [3.63, 3.8) is 0 Å². The molecule has 2 aromatic rings. The maximum atomic E-state index is 13.7. The van der Waals surface area contributed by atoms with Crippen LogP contribution >= 0.6 is 0 Å². The number of halogens is 3. The molecule has 2 atom stereocenters. The van der Waals surface area contributed by atoms with Crippen molar-refractivity contribution in [2.24, 2.45) is 5.92 Å². The smallest absolute Gasteiger partial charge is 0.342 e. The highest BCUT2D eigenvalue weighted by molar-refractivity contribution is 5.89. The Labute approximate surface area is 176 Å². The minimum absolute atomic E-state index is 0.0885. The molecule has 2 fully saturated rings. The van der Waals surface area contributed by atoms with Gasteiger partial charge in [0.25, 0.3) is 5.71 Å². The molecule has 0 spiro atoms. The van der Waals surface area contributed by atoms with Gasteiger partial charge in [-0.25, -0.2) is 4.98 Å². The summed E-state index contributed by atoms with van der Waals surface area (Å²) < 4.78 is 46.0. The lowest BCUT2D eigenvalue weighted by molar-refractivity contribution is -0.137. The van der Waals surface area contributed by atoms with Crippen LogP contribution in [-0.4, -0.2) is 57.9 Å². The first-order chi connectivity index (χ1) is 14.7. The largest absolute Gasteiger partial charge is 0.417 e. The number of carbonyl (C=O) groups is 2. The average molecular weight is 436 g/mol. The van der Waals surface area contributed by atoms with Gasteiger partial charge >= 0.3 is 6.18 Å². The number of piperidine rings is 1. The molecule has 4 heterocycles. The van der Waals surface area contributed by atoms with Crippen molar-refractivity contribution < 1.29 is 27.3 Å². The lowest BCUT2D eigenvalue weighted by atomic mass is 9.91. The number of amides is 2. The molecule has 0 aliphatic carbocycles. The van der Waals surface area contributed by atoms with Crippen LogP contribution in [0.25, 0.3) is 11.1 Å². The zero-order chi connectivity index (χ0) is 22.3. The number of carbonyl (C=O) groups excluding carboxylic acids is 2. The van der Waals surface area contributed by atoms with Crippen LogP contribution in [0.4, 0.5) is 13.2 Å². The lowest BCUT2D eigenvalue weighted by Gasteiger charge is -2.34. The van der Waals surface area contributed by atoms with Crippen molar-refractivity contribution in [3.8, 4) is 0 Å². The van der Waals surface area contributed by atoms with E-state index < -0.39 is 17.7 Å². The van der Waals surface area contributed by atoms with Gasteiger partial charge in [0.1, 0.15) is 0 Å². The third kappa shape index (κ3) is 4.03. The average Bonchev–Trinajstić information content (AvgIpc) is 3.29. The third-order valence-corrected chi connectivity index (χ3v) is 6.01. The number of aromatic nitrogens is 2. The maximum absolute atomic E-state index is 13.7. The fraction of sp³-hybridized carbons (Fsp3) is 0.524. The lowest BCUT2D eigenvalue weighted by Crippen LogP contribution is -2.43. The van der Waals surface area contributed by atoms with E-state index in [0.717, 1.165) is 6.07 Å². The van der Waals surface area contributed by atoms with E-state index in [0.29, 0.717) is 32.5 Å². The summed E-state index contributed by atoms with van der Waals surface area (Å²) in [6.07, 6.45) is -1.56. The van der Waals surface area contributed by atoms with Crippen molar-refractivity contribution in [2.45, 2.75) is 38.3 Å². The van der Waals surface area contributed by atoms with E-state index in [9.17, 15) is 22.8 Å². The minimum Gasteiger partial charge on any atom is -0.342 e. The first-order valence-electron chi connectivity index (χ1n) is 10.2. The zero-order valence-electron chi connectivity index (χ0n) is 17.1. The highest BCUT2D eigenvalue weighted by atomic mass is 19.4. The van der Waals surface area contributed by atoms with E-state index in [2.05, 4.69) is 16.7 Å². The van der Waals surface area contributed by atoms with Gasteiger partial charge in [-0.05, 0) is 25.8 Å². The summed E-state index contributed by atoms with van der Waals surface area (Å²) in [6, 6.07) is 1.05. The second-order valence-corrected chi connectivity index (χ2v) is 8.15. The van der Waals surface area contributed by atoms with Gasteiger partial charge in [-0.2, -0.15) is 13.2 Å². The normalized spacial score (nSPS) is 22.4. The highest BCUT2D eigenvalue weighted by Crippen LogP contribution is 2.38. The Morgan fingerprint density at radius 2 is 2.16 bits per heavy atom. The zero-order valence-corrected chi connectivity index (χ0v) is 17.1. The van der Waals surface area contributed by atoms with Crippen LogP contribution in [0.5, 0.6) is 0 Å². The van der Waals surface area contributed by atoms with Gasteiger partial charge in [-0.15, -0.1) is 6.58 Å². The fourth-order valence-electron chi connectivity index (χ4n) is 4.49. The topological polar surface area (TPSA) is 79.5 Å². The number of fused-ring (bicyclic) bond motifs is 1. The monoisotopic (exact) mass is 436 g/mol. The molecule has 7 nitrogen and oxygen atoms in total. The summed E-state index contributed by atoms with van der Waals surface area (Å²) in [7, 11) is 0. The summed E-state index contributed by atoms with van der Waals surface area (Å²) in [4.78, 5) is 32.6. The number of rotatable bonds is 4. The van der Waals surface area contributed by atoms with Crippen LogP contribution in [0.1, 0.15) is 42.1 Å². The Morgan fingerprint density at radius 1 is 1.39 bits per heavy atom. The van der Waals surface area contributed by atoms with Gasteiger partial charge in [-0.1, -0.05) is 11.2 Å². The van der Waals surface area contributed by atoms with E-state index in [1.165, 1.54) is 6.92 Å². The van der Waals surface area contributed by atoms with Gasteiger partial charge in [0.15, 0.2) is 0 Å². The summed E-state index contributed by atoms with van der Waals surface area (Å²) in [6.45, 7) is 6.57. The fourth-order valence-corrected chi connectivity index (χ4v) is 4.49. The second-order valence-electron chi connectivity index (χ2n) is 8.15. The molecule has 0 aromatic carbocycles. The molecule has 0 radical (unpaired) electrons. The summed E-state index contributed by atoms with van der Waals surface area (Å²) >= 11 is 0. The molecule has 0 saturated carbocycles. The van der Waals surface area contributed by atoms with Crippen molar-refractivity contribution in [2.75, 3.05) is 26.2 Å². The van der Waals surface area contributed by atoms with E-state index >= 15 is 0 Å². The van der Waals surface area contributed by atoms with Crippen LogP contribution in [0.3, 0.4) is 0 Å². The minimum atomic E-state index is -4.57. The molecule has 2 aromatic heterocycles. The predicted octanol–water partition coefficient (Wildman–Crippen LogP) is 3.29. The molecule has 0 N–H and O–H groups in total. The van der Waals surface area contributed by atoms with Crippen LogP contribution < -0.4 is 0 Å². The van der Waals surface area contributed by atoms with Crippen LogP contribution in [0.2, 0.25) is 0 Å². The van der Waals surface area contributed by atoms with Gasteiger partial charge in [-0.3, -0.25) is 9.59 Å². The predicted molar refractivity (Wildman–Crippen MR) is 105 cm³/mol. The maximum Gasteiger partial charge on any atom is 0.417 e. The number of hydrogen-bond donors (Lipinski definition) is 0. The molecule has 166 valence electrons. The van der Waals surface area contributed by atoms with Crippen LogP contribution in [0.15, 0.2) is 23.2 Å². The molecule has 2 amide bonds. The Bertz CT molecular complexity index is 1030. The molecular weight excluding hydrogens is 413 g/mol. The Balaban J connectivity index is 1.56. The van der Waals surface area contributed by atoms with Crippen molar-refractivity contribution in [1.82, 2.24) is 19.9 Å². The van der Waals surface area contributed by atoms with Gasteiger partial charge in [0, 0.05) is 38.5 Å². The van der Waals surface area contributed by atoms with E-state index in [1.54, 1.807) is 15.9 Å². The van der Waals surface area contributed by atoms with E-state index in [4.69, 9.17) is 4.52 Å². The van der Waals surface area contributed by atoms with Gasteiger partial charge in [0.05, 0.1) is 28.3 Å². The first kappa shape index (κ1) is 21.3. The number of aryl methyl sites for hydroxylation is 1. The van der Waals surface area contributed by atoms with E-state index in [-0.39, 0.29) is 53.2 Å². The number of hydrogen-bond acceptors (Lipinski definition) is 5. The first-order valence-corrected chi connectivity index (χ1v) is 10.2. The second kappa shape index (κ2) is 7.97. The molecule has 10 heteroatoms. The molecule has 2 saturated heterocycles. The van der Waals surface area contributed by atoms with Crippen molar-refractivity contribution in [1.29, 1.82) is 0 Å². The van der Waals surface area contributed by atoms with Crippen LogP contribution in [-0.2, 0) is 15.8 Å². The Hall–Kier alpha value is -2.91. The highest BCUT2D eigenvalue weighted by Gasteiger charge is 2.39. The number of alkyl halides is 3. The standard InChI is InChI=1S/C21H23F3N4O3/c1-3-6-27-11-14(8-17(27)29)20(30)28-7-4-5-13(10-28)16-9-15(21(22,23)24)18-12(2)26-31-19(18)25-16/h3,9,13-14H,1,4-8,10-11H2,2H3/t13-,14+/m1/s1. The number of nitrogens with zero attached hydrogens (tertiary/aromatic N) is 4.